The average Bonchev–Trinajstić information content (AvgIpc) is 2.78. The van der Waals surface area contributed by atoms with E-state index < -0.39 is 99.0 Å². The molecule has 3 saturated heterocycles. The molecule has 3 heterocycles. The van der Waals surface area contributed by atoms with Crippen molar-refractivity contribution in [2.75, 3.05) is 19.8 Å². The SMILES string of the molecule is C[C@@H]1O[C@H](CO)[C@H](O[C@H]2O[C@H](CO)[C@@H](O)[C@H](OC3OC[C@@H](O)[C@H](O)[C@H]3O)[C@H]2O)[C@H](O)[C@H]1O. The van der Waals surface area contributed by atoms with Crippen molar-refractivity contribution in [2.24, 2.45) is 0 Å². The molecule has 14 heteroatoms. The first kappa shape index (κ1) is 26.1. The van der Waals surface area contributed by atoms with Crippen molar-refractivity contribution in [2.45, 2.75) is 92.8 Å². The van der Waals surface area contributed by atoms with E-state index in [-0.39, 0.29) is 6.61 Å². The minimum atomic E-state index is -1.77. The van der Waals surface area contributed by atoms with Gasteiger partial charge in [-0.15, -0.1) is 0 Å². The Morgan fingerprint density at radius 1 is 0.656 bits per heavy atom. The molecule has 14 atom stereocenters. The molecule has 0 aliphatic carbocycles. The maximum atomic E-state index is 10.7. The van der Waals surface area contributed by atoms with Gasteiger partial charge in [-0.2, -0.15) is 0 Å². The molecule has 14 nitrogen and oxygen atoms in total. The van der Waals surface area contributed by atoms with Crippen LogP contribution < -0.4 is 0 Å². The highest BCUT2D eigenvalue weighted by atomic mass is 16.7. The Hall–Kier alpha value is -0.560. The van der Waals surface area contributed by atoms with Crippen LogP contribution in [-0.4, -0.2) is 152 Å². The van der Waals surface area contributed by atoms with E-state index in [1.807, 2.05) is 0 Å². The van der Waals surface area contributed by atoms with E-state index in [0.29, 0.717) is 0 Å². The highest BCUT2D eigenvalue weighted by Gasteiger charge is 2.52. The summed E-state index contributed by atoms with van der Waals surface area (Å²) >= 11 is 0. The number of hydrogen-bond donors (Lipinski definition) is 9. The maximum absolute atomic E-state index is 10.7. The Morgan fingerprint density at radius 3 is 1.91 bits per heavy atom. The lowest BCUT2D eigenvalue weighted by molar-refractivity contribution is -0.367. The van der Waals surface area contributed by atoms with Crippen molar-refractivity contribution in [1.82, 2.24) is 0 Å². The zero-order chi connectivity index (χ0) is 23.7. The van der Waals surface area contributed by atoms with Gasteiger partial charge >= 0.3 is 0 Å². The fraction of sp³-hybridized carbons (Fsp3) is 1.00. The molecule has 3 aliphatic rings. The van der Waals surface area contributed by atoms with Gasteiger partial charge in [0, 0.05) is 0 Å². The molecular weight excluding hydrogens is 440 g/mol. The lowest BCUT2D eigenvalue weighted by Gasteiger charge is -2.47. The van der Waals surface area contributed by atoms with Gasteiger partial charge in [-0.3, -0.25) is 0 Å². The molecule has 0 aromatic rings. The zero-order valence-electron chi connectivity index (χ0n) is 17.3. The molecule has 0 bridgehead atoms. The summed E-state index contributed by atoms with van der Waals surface area (Å²) in [5, 5.41) is 90.2. The van der Waals surface area contributed by atoms with Gasteiger partial charge in [0.15, 0.2) is 12.6 Å². The molecular formula is C18H32O14. The second-order valence-electron chi connectivity index (χ2n) is 8.20. The van der Waals surface area contributed by atoms with E-state index in [1.54, 1.807) is 0 Å². The lowest BCUT2D eigenvalue weighted by atomic mass is 9.94. The maximum Gasteiger partial charge on any atom is 0.187 e. The number of rotatable bonds is 6. The van der Waals surface area contributed by atoms with Crippen LogP contribution in [0.25, 0.3) is 0 Å². The van der Waals surface area contributed by atoms with Crippen LogP contribution >= 0.6 is 0 Å². The topological polar surface area (TPSA) is 228 Å². The van der Waals surface area contributed by atoms with E-state index in [1.165, 1.54) is 6.92 Å². The van der Waals surface area contributed by atoms with E-state index >= 15 is 0 Å². The van der Waals surface area contributed by atoms with Crippen LogP contribution in [0.4, 0.5) is 0 Å². The molecule has 9 N–H and O–H groups in total. The number of aliphatic hydroxyl groups excluding tert-OH is 9. The van der Waals surface area contributed by atoms with Gasteiger partial charge in [-0.05, 0) is 6.92 Å². The summed E-state index contributed by atoms with van der Waals surface area (Å²) in [7, 11) is 0. The van der Waals surface area contributed by atoms with Crippen molar-refractivity contribution >= 4 is 0 Å². The van der Waals surface area contributed by atoms with E-state index in [2.05, 4.69) is 0 Å². The van der Waals surface area contributed by atoms with Crippen LogP contribution in [0.2, 0.25) is 0 Å². The summed E-state index contributed by atoms with van der Waals surface area (Å²) in [5.74, 6) is 0. The minimum absolute atomic E-state index is 0.387. The first-order valence-corrected chi connectivity index (χ1v) is 10.3. The molecule has 188 valence electrons. The summed E-state index contributed by atoms with van der Waals surface area (Å²) in [6.45, 7) is -0.213. The monoisotopic (exact) mass is 472 g/mol. The van der Waals surface area contributed by atoms with Gasteiger partial charge in [0.25, 0.3) is 0 Å². The standard InChI is InChI=1S/C18H32O14/c1-5-9(22)12(25)15(8(3-20)29-5)31-18-14(27)16(11(24)7(2-19)30-18)32-17-13(26)10(23)6(21)4-28-17/h5-27H,2-4H2,1H3/t5-,6+,7+,8+,9-,10-,11+,12+,13+,14+,15-,16-,17?,18+/m0/s1. The molecule has 0 radical (unpaired) electrons. The first-order valence-electron chi connectivity index (χ1n) is 10.3. The normalized spacial score (nSPS) is 52.7. The summed E-state index contributed by atoms with van der Waals surface area (Å²) in [5.41, 5.74) is 0. The molecule has 3 rings (SSSR count). The summed E-state index contributed by atoms with van der Waals surface area (Å²) in [6, 6.07) is 0. The van der Waals surface area contributed by atoms with Crippen LogP contribution in [0.3, 0.4) is 0 Å². The van der Waals surface area contributed by atoms with Crippen molar-refractivity contribution in [3.8, 4) is 0 Å². The summed E-state index contributed by atoms with van der Waals surface area (Å²) in [4.78, 5) is 0. The van der Waals surface area contributed by atoms with Crippen LogP contribution in [0.5, 0.6) is 0 Å². The lowest BCUT2D eigenvalue weighted by Crippen LogP contribution is -2.65. The van der Waals surface area contributed by atoms with Gasteiger partial charge in [0.05, 0.1) is 25.9 Å². The molecule has 0 spiro atoms. The fourth-order valence-electron chi connectivity index (χ4n) is 3.98. The molecule has 0 aromatic carbocycles. The van der Waals surface area contributed by atoms with Gasteiger partial charge in [0.2, 0.25) is 0 Å². The van der Waals surface area contributed by atoms with Crippen LogP contribution in [-0.2, 0) is 23.7 Å². The smallest absolute Gasteiger partial charge is 0.187 e. The molecule has 0 amide bonds. The minimum Gasteiger partial charge on any atom is -0.394 e. The van der Waals surface area contributed by atoms with Gasteiger partial charge in [0.1, 0.15) is 67.1 Å². The van der Waals surface area contributed by atoms with E-state index in [0.717, 1.165) is 0 Å². The first-order chi connectivity index (χ1) is 15.1. The summed E-state index contributed by atoms with van der Waals surface area (Å²) in [6.07, 6.45) is -20.3. The largest absolute Gasteiger partial charge is 0.394 e. The zero-order valence-corrected chi connectivity index (χ0v) is 17.3. The van der Waals surface area contributed by atoms with Crippen molar-refractivity contribution in [3.05, 3.63) is 0 Å². The number of aliphatic hydroxyl groups is 9. The highest BCUT2D eigenvalue weighted by Crippen LogP contribution is 2.31. The quantitative estimate of drug-likeness (QED) is 0.175. The van der Waals surface area contributed by atoms with Crippen molar-refractivity contribution < 1.29 is 69.6 Å². The van der Waals surface area contributed by atoms with Crippen LogP contribution in [0, 0.1) is 0 Å². The molecule has 32 heavy (non-hydrogen) atoms. The Balaban J connectivity index is 1.75. The summed E-state index contributed by atoms with van der Waals surface area (Å²) < 4.78 is 26.9. The molecule has 3 aliphatic heterocycles. The van der Waals surface area contributed by atoms with Crippen LogP contribution in [0.1, 0.15) is 6.92 Å². The van der Waals surface area contributed by atoms with Crippen LogP contribution in [0.15, 0.2) is 0 Å². The van der Waals surface area contributed by atoms with Crippen molar-refractivity contribution in [3.63, 3.8) is 0 Å². The third kappa shape index (κ3) is 5.08. The Labute approximate surface area is 183 Å². The van der Waals surface area contributed by atoms with Crippen molar-refractivity contribution in [1.29, 1.82) is 0 Å². The van der Waals surface area contributed by atoms with Gasteiger partial charge in [-0.1, -0.05) is 0 Å². The third-order valence-electron chi connectivity index (χ3n) is 5.96. The second kappa shape index (κ2) is 10.8. The Morgan fingerprint density at radius 2 is 1.28 bits per heavy atom. The van der Waals surface area contributed by atoms with Gasteiger partial charge in [-0.25, -0.2) is 0 Å². The fourth-order valence-corrected chi connectivity index (χ4v) is 3.98. The third-order valence-corrected chi connectivity index (χ3v) is 5.96. The molecule has 0 saturated carbocycles. The Kier molecular flexibility index (Phi) is 8.79. The van der Waals surface area contributed by atoms with E-state index in [4.69, 9.17) is 23.7 Å². The van der Waals surface area contributed by atoms with E-state index in [9.17, 15) is 46.0 Å². The average molecular weight is 472 g/mol. The highest BCUT2D eigenvalue weighted by molar-refractivity contribution is 4.96. The predicted octanol–water partition coefficient (Wildman–Crippen LogP) is -5.86. The predicted molar refractivity (Wildman–Crippen MR) is 98.7 cm³/mol. The Bertz CT molecular complexity index is 594. The number of hydrogen-bond acceptors (Lipinski definition) is 14. The molecule has 1 unspecified atom stereocenters. The number of ether oxygens (including phenoxy) is 5. The van der Waals surface area contributed by atoms with Gasteiger partial charge < -0.3 is 69.6 Å². The second-order valence-corrected chi connectivity index (χ2v) is 8.20. The molecule has 0 aromatic heterocycles. The molecule has 3 fully saturated rings.